The quantitative estimate of drug-likeness (QED) is 0.0495. The van der Waals surface area contributed by atoms with Crippen LogP contribution in [0.5, 0.6) is 0 Å². The summed E-state index contributed by atoms with van der Waals surface area (Å²) in [6, 6.07) is 1.28. The maximum absolute atomic E-state index is 10.8. The van der Waals surface area contributed by atoms with Crippen LogP contribution in [0.2, 0.25) is 19.1 Å². The van der Waals surface area contributed by atoms with Crippen LogP contribution in [0.15, 0.2) is 0 Å². The van der Waals surface area contributed by atoms with E-state index in [1.54, 1.807) is 0 Å². The largest absolute Gasteiger partial charge is 0.289 e. The van der Waals surface area contributed by atoms with Gasteiger partial charge in [-0.25, -0.2) is 0 Å². The molecule has 0 aliphatic carbocycles. The van der Waals surface area contributed by atoms with E-state index in [4.69, 9.17) is 0 Å². The summed E-state index contributed by atoms with van der Waals surface area (Å²) in [4.78, 5) is 10.8. The zero-order valence-corrected chi connectivity index (χ0v) is 25.7. The van der Waals surface area contributed by atoms with Crippen molar-refractivity contribution in [2.75, 3.05) is 0 Å². The minimum atomic E-state index is -1.58. The van der Waals surface area contributed by atoms with Gasteiger partial charge in [0.1, 0.15) is 8.07 Å². The molecule has 0 aromatic rings. The van der Waals surface area contributed by atoms with Gasteiger partial charge in [-0.1, -0.05) is 181 Å². The number of carbonyl (C=O) groups is 1. The minimum absolute atomic E-state index is 0.789. The molecule has 0 aliphatic heterocycles. The lowest BCUT2D eigenvalue weighted by Gasteiger charge is -2.24. The van der Waals surface area contributed by atoms with Crippen LogP contribution >= 0.6 is 0 Å². The first-order valence-electron chi connectivity index (χ1n) is 16.0. The summed E-state index contributed by atoms with van der Waals surface area (Å²) in [5.41, 5.74) is 3.35. The number of hydrogen-bond acceptors (Lipinski definition) is 1. The molecule has 0 saturated carbocycles. The molecular weight excluding hydrogens is 440 g/mol. The van der Waals surface area contributed by atoms with Gasteiger partial charge in [0.05, 0.1) is 0 Å². The SMILES string of the molecule is CCCCCCCCCCCCCCC(CCCCCCCCCCCC)C[Si](C)(C)C#CC=O. The third-order valence-corrected chi connectivity index (χ3v) is 10.1. The second-order valence-corrected chi connectivity index (χ2v) is 16.4. The van der Waals surface area contributed by atoms with Gasteiger partial charge in [-0.3, -0.25) is 4.79 Å². The van der Waals surface area contributed by atoms with Gasteiger partial charge in [0.15, 0.2) is 6.29 Å². The number of aldehydes is 1. The molecule has 0 bridgehead atoms. The molecule has 0 aromatic carbocycles. The van der Waals surface area contributed by atoms with Crippen molar-refractivity contribution in [1.29, 1.82) is 0 Å². The van der Waals surface area contributed by atoms with E-state index in [0.29, 0.717) is 0 Å². The minimum Gasteiger partial charge on any atom is -0.289 e. The van der Waals surface area contributed by atoms with Gasteiger partial charge in [0, 0.05) is 0 Å². The molecule has 0 N–H and O–H groups in total. The molecular formula is C33H64OSi. The highest BCUT2D eigenvalue weighted by atomic mass is 28.3. The van der Waals surface area contributed by atoms with Crippen molar-refractivity contribution in [3.8, 4) is 11.5 Å². The highest BCUT2D eigenvalue weighted by Crippen LogP contribution is 2.27. The first-order chi connectivity index (χ1) is 17.1. The lowest BCUT2D eigenvalue weighted by atomic mass is 9.95. The molecule has 1 unspecified atom stereocenters. The van der Waals surface area contributed by atoms with Crippen LogP contribution in [0.4, 0.5) is 0 Å². The molecule has 0 aromatic heterocycles. The Bertz CT molecular complexity index is 501. The Balaban J connectivity index is 4.01. The normalized spacial score (nSPS) is 12.3. The van der Waals surface area contributed by atoms with Crippen LogP contribution in [0, 0.1) is 17.4 Å². The molecule has 1 nitrogen and oxygen atoms in total. The maximum Gasteiger partial charge on any atom is 0.192 e. The summed E-state index contributed by atoms with van der Waals surface area (Å²) in [5.74, 6) is 3.58. The lowest BCUT2D eigenvalue weighted by Crippen LogP contribution is -2.27. The van der Waals surface area contributed by atoms with Crippen LogP contribution in [0.1, 0.15) is 168 Å². The molecule has 0 saturated heterocycles. The summed E-state index contributed by atoms with van der Waals surface area (Å²) in [6.45, 7) is 9.31. The van der Waals surface area contributed by atoms with Crippen molar-refractivity contribution < 1.29 is 4.79 Å². The van der Waals surface area contributed by atoms with Gasteiger partial charge >= 0.3 is 0 Å². The van der Waals surface area contributed by atoms with Gasteiger partial charge in [0.2, 0.25) is 0 Å². The number of rotatable bonds is 26. The molecule has 0 radical (unpaired) electrons. The second-order valence-electron chi connectivity index (χ2n) is 12.0. The van der Waals surface area contributed by atoms with Gasteiger partial charge in [-0.2, -0.15) is 0 Å². The zero-order valence-electron chi connectivity index (χ0n) is 24.7. The Hall–Kier alpha value is -0.553. The first-order valence-corrected chi connectivity index (χ1v) is 19.2. The standard InChI is InChI=1S/C33H64OSi/c1-5-7-9-11-13-15-17-18-20-22-24-26-29-33(32-35(3,4)31-27-30-34)28-25-23-21-19-16-14-12-10-8-6-2/h30,33H,5-26,28-29,32H2,1-4H3. The molecule has 0 amide bonds. The van der Waals surface area contributed by atoms with E-state index >= 15 is 0 Å². The van der Waals surface area contributed by atoms with E-state index in [9.17, 15) is 4.79 Å². The van der Waals surface area contributed by atoms with Crippen LogP contribution in [0.3, 0.4) is 0 Å². The van der Waals surface area contributed by atoms with Crippen molar-refractivity contribution in [3.63, 3.8) is 0 Å². The molecule has 35 heavy (non-hydrogen) atoms. The van der Waals surface area contributed by atoms with Gasteiger partial charge < -0.3 is 0 Å². The van der Waals surface area contributed by atoms with Crippen molar-refractivity contribution in [1.82, 2.24) is 0 Å². The maximum atomic E-state index is 10.8. The molecule has 0 fully saturated rings. The smallest absolute Gasteiger partial charge is 0.192 e. The van der Waals surface area contributed by atoms with E-state index in [1.165, 1.54) is 160 Å². The third-order valence-electron chi connectivity index (χ3n) is 7.70. The topological polar surface area (TPSA) is 17.1 Å². The van der Waals surface area contributed by atoms with E-state index in [-0.39, 0.29) is 0 Å². The first kappa shape index (κ1) is 34.4. The van der Waals surface area contributed by atoms with Crippen LogP contribution in [-0.2, 0) is 4.79 Å². The summed E-state index contributed by atoms with van der Waals surface area (Å²) in [7, 11) is -1.58. The van der Waals surface area contributed by atoms with E-state index < -0.39 is 8.07 Å². The predicted molar refractivity (Wildman–Crippen MR) is 162 cm³/mol. The molecule has 1 atom stereocenters. The van der Waals surface area contributed by atoms with Crippen molar-refractivity contribution >= 4 is 14.4 Å². The van der Waals surface area contributed by atoms with Crippen LogP contribution in [0.25, 0.3) is 0 Å². The summed E-state index contributed by atoms with van der Waals surface area (Å²) in [6.07, 6.45) is 34.8. The lowest BCUT2D eigenvalue weighted by molar-refractivity contribution is -0.103. The fraction of sp³-hybridized carbons (Fsp3) is 0.909. The van der Waals surface area contributed by atoms with Crippen LogP contribution in [-0.4, -0.2) is 14.4 Å². The Morgan fingerprint density at radius 1 is 0.543 bits per heavy atom. The average molecular weight is 505 g/mol. The predicted octanol–water partition coefficient (Wildman–Crippen LogP) is 11.5. The van der Waals surface area contributed by atoms with Crippen molar-refractivity contribution in [2.24, 2.45) is 5.92 Å². The Kier molecular flexibility index (Phi) is 26.1. The Morgan fingerprint density at radius 3 is 1.17 bits per heavy atom. The third kappa shape index (κ3) is 26.3. The monoisotopic (exact) mass is 504 g/mol. The fourth-order valence-electron chi connectivity index (χ4n) is 5.54. The summed E-state index contributed by atoms with van der Waals surface area (Å²) >= 11 is 0. The molecule has 0 spiro atoms. The number of carbonyl (C=O) groups excluding carboxylic acids is 1. The number of hydrogen-bond donors (Lipinski definition) is 0. The second kappa shape index (κ2) is 26.5. The molecule has 0 heterocycles. The molecule has 2 heteroatoms. The zero-order chi connectivity index (χ0) is 25.9. The summed E-state index contributed by atoms with van der Waals surface area (Å²) in [5, 5.41) is 0. The van der Waals surface area contributed by atoms with Crippen LogP contribution < -0.4 is 0 Å². The van der Waals surface area contributed by atoms with Gasteiger partial charge in [-0.05, 0) is 17.9 Å². The van der Waals surface area contributed by atoms with E-state index in [1.807, 2.05) is 0 Å². The highest BCUT2D eigenvalue weighted by Gasteiger charge is 2.23. The fourth-order valence-corrected chi connectivity index (χ4v) is 7.94. The number of unbranched alkanes of at least 4 members (excludes halogenated alkanes) is 20. The molecule has 206 valence electrons. The molecule has 0 aliphatic rings. The highest BCUT2D eigenvalue weighted by molar-refractivity contribution is 6.85. The Labute approximate surface area is 223 Å². The molecule has 0 rings (SSSR count). The van der Waals surface area contributed by atoms with Crippen molar-refractivity contribution in [2.45, 2.75) is 187 Å². The van der Waals surface area contributed by atoms with Crippen molar-refractivity contribution in [3.05, 3.63) is 0 Å². The van der Waals surface area contributed by atoms with Gasteiger partial charge in [0.25, 0.3) is 0 Å². The van der Waals surface area contributed by atoms with Gasteiger partial charge in [-0.15, -0.1) is 5.54 Å². The van der Waals surface area contributed by atoms with E-state index in [2.05, 4.69) is 38.4 Å². The van der Waals surface area contributed by atoms with E-state index in [0.717, 1.165) is 12.2 Å². The summed E-state index contributed by atoms with van der Waals surface area (Å²) < 4.78 is 0. The average Bonchev–Trinajstić information content (AvgIpc) is 2.84. The Morgan fingerprint density at radius 2 is 0.857 bits per heavy atom.